The van der Waals surface area contributed by atoms with E-state index in [-0.39, 0.29) is 11.3 Å². The summed E-state index contributed by atoms with van der Waals surface area (Å²) in [5, 5.41) is 9.50. The Morgan fingerprint density at radius 1 is 1.28 bits per heavy atom. The van der Waals surface area contributed by atoms with Gasteiger partial charge < -0.3 is 14.6 Å². The molecule has 1 aromatic carbocycles. The number of phenols is 1. The summed E-state index contributed by atoms with van der Waals surface area (Å²) < 4.78 is 10.4. The monoisotopic (exact) mass is 248 g/mol. The van der Waals surface area contributed by atoms with Crippen molar-refractivity contribution in [2.24, 2.45) is 0 Å². The van der Waals surface area contributed by atoms with E-state index in [4.69, 9.17) is 9.47 Å². The van der Waals surface area contributed by atoms with E-state index in [9.17, 15) is 9.90 Å². The van der Waals surface area contributed by atoms with Gasteiger partial charge in [0, 0.05) is 13.2 Å². The quantitative estimate of drug-likeness (QED) is 0.374. The molecule has 4 nitrogen and oxygen atoms in total. The van der Waals surface area contributed by atoms with Gasteiger partial charge in [-0.1, -0.05) is 12.1 Å². The molecule has 0 bridgehead atoms. The van der Waals surface area contributed by atoms with Gasteiger partial charge in [-0.2, -0.15) is 0 Å². The van der Waals surface area contributed by atoms with Crippen LogP contribution in [0, 0.1) is 11.8 Å². The zero-order valence-corrected chi connectivity index (χ0v) is 10.5. The first kappa shape index (κ1) is 14.2. The number of aromatic hydroxyl groups is 1. The Bertz CT molecular complexity index is 450. The maximum Gasteiger partial charge on any atom is 0.239 e. The average molecular weight is 248 g/mol. The number of ketones is 1. The number of para-hydroxylation sites is 1. The fourth-order valence-electron chi connectivity index (χ4n) is 1.29. The third kappa shape index (κ3) is 4.21. The minimum Gasteiger partial charge on any atom is -0.507 e. The van der Waals surface area contributed by atoms with Crippen molar-refractivity contribution < 1.29 is 19.4 Å². The van der Waals surface area contributed by atoms with Crippen LogP contribution in [-0.2, 0) is 9.47 Å². The van der Waals surface area contributed by atoms with E-state index < -0.39 is 12.1 Å². The van der Waals surface area contributed by atoms with Crippen LogP contribution >= 0.6 is 0 Å². The lowest BCUT2D eigenvalue weighted by molar-refractivity contribution is -0.0970. The normalized spacial score (nSPS) is 9.94. The van der Waals surface area contributed by atoms with Gasteiger partial charge in [0.15, 0.2) is 0 Å². The van der Waals surface area contributed by atoms with Gasteiger partial charge in [0.1, 0.15) is 5.75 Å². The molecule has 0 heterocycles. The molecule has 0 aliphatic heterocycles. The van der Waals surface area contributed by atoms with Crippen LogP contribution < -0.4 is 0 Å². The fourth-order valence-corrected chi connectivity index (χ4v) is 1.29. The van der Waals surface area contributed by atoms with Crippen molar-refractivity contribution in [3.05, 3.63) is 29.8 Å². The Labute approximate surface area is 107 Å². The van der Waals surface area contributed by atoms with Crippen molar-refractivity contribution in [3.8, 4) is 17.6 Å². The predicted octanol–water partition coefficient (Wildman–Crippen LogP) is 1.98. The molecule has 4 heteroatoms. The molecule has 0 spiro atoms. The second-order valence-corrected chi connectivity index (χ2v) is 3.36. The molecule has 0 saturated heterocycles. The predicted molar refractivity (Wildman–Crippen MR) is 67.3 cm³/mol. The van der Waals surface area contributed by atoms with Crippen LogP contribution in [0.4, 0.5) is 0 Å². The zero-order valence-electron chi connectivity index (χ0n) is 10.5. The minimum atomic E-state index is -0.713. The molecule has 0 saturated carbocycles. The maximum absolute atomic E-state index is 11.7. The standard InChI is InChI=1S/C14H16O4/c1-3-17-14(18-4-2)10-9-13(16)11-7-5-6-8-12(11)15/h5-8,14-15H,3-4H2,1-2H3. The van der Waals surface area contributed by atoms with Gasteiger partial charge in [-0.25, -0.2) is 0 Å². The van der Waals surface area contributed by atoms with Gasteiger partial charge in [0.2, 0.25) is 12.1 Å². The third-order valence-corrected chi connectivity index (χ3v) is 2.09. The summed E-state index contributed by atoms with van der Waals surface area (Å²) in [5.74, 6) is 4.46. The summed E-state index contributed by atoms with van der Waals surface area (Å²) in [6.45, 7) is 4.53. The average Bonchev–Trinajstić information content (AvgIpc) is 2.36. The van der Waals surface area contributed by atoms with Gasteiger partial charge >= 0.3 is 0 Å². The maximum atomic E-state index is 11.7. The summed E-state index contributed by atoms with van der Waals surface area (Å²) >= 11 is 0. The molecule has 0 aromatic heterocycles. The summed E-state index contributed by atoms with van der Waals surface area (Å²) in [6.07, 6.45) is -0.713. The van der Waals surface area contributed by atoms with Crippen LogP contribution in [0.3, 0.4) is 0 Å². The fraction of sp³-hybridized carbons (Fsp3) is 0.357. The number of ether oxygens (including phenoxy) is 2. The Morgan fingerprint density at radius 2 is 1.89 bits per heavy atom. The summed E-state index contributed by atoms with van der Waals surface area (Å²) in [7, 11) is 0. The van der Waals surface area contributed by atoms with E-state index in [0.717, 1.165) is 0 Å². The highest BCUT2D eigenvalue weighted by Crippen LogP contribution is 2.15. The van der Waals surface area contributed by atoms with Crippen LogP contribution in [0.15, 0.2) is 24.3 Å². The number of phenolic OH excluding ortho intramolecular Hbond substituents is 1. The molecule has 96 valence electrons. The molecule has 0 amide bonds. The third-order valence-electron chi connectivity index (χ3n) is 2.09. The van der Waals surface area contributed by atoms with Crippen LogP contribution in [0.1, 0.15) is 24.2 Å². The molecule has 1 N–H and O–H groups in total. The van der Waals surface area contributed by atoms with Crippen molar-refractivity contribution in [3.63, 3.8) is 0 Å². The molecule has 0 aliphatic rings. The van der Waals surface area contributed by atoms with Crippen molar-refractivity contribution in [2.75, 3.05) is 13.2 Å². The number of hydrogen-bond donors (Lipinski definition) is 1. The first-order chi connectivity index (χ1) is 8.69. The lowest BCUT2D eigenvalue weighted by Crippen LogP contribution is -2.15. The van der Waals surface area contributed by atoms with Gasteiger partial charge in [-0.3, -0.25) is 4.79 Å². The van der Waals surface area contributed by atoms with Gasteiger partial charge in [-0.05, 0) is 37.8 Å². The smallest absolute Gasteiger partial charge is 0.239 e. The van der Waals surface area contributed by atoms with Gasteiger partial charge in [-0.15, -0.1) is 0 Å². The lowest BCUT2D eigenvalue weighted by Gasteiger charge is -2.09. The largest absolute Gasteiger partial charge is 0.507 e. The first-order valence-electron chi connectivity index (χ1n) is 5.76. The highest BCUT2D eigenvalue weighted by Gasteiger charge is 2.08. The van der Waals surface area contributed by atoms with E-state index in [2.05, 4.69) is 11.8 Å². The molecule has 0 unspecified atom stereocenters. The number of carbonyl (C=O) groups excluding carboxylic acids is 1. The van der Waals surface area contributed by atoms with Crippen LogP contribution in [0.2, 0.25) is 0 Å². The minimum absolute atomic E-state index is 0.0823. The second kappa shape index (κ2) is 7.49. The van der Waals surface area contributed by atoms with Crippen molar-refractivity contribution in [1.82, 2.24) is 0 Å². The zero-order chi connectivity index (χ0) is 13.4. The molecule has 0 radical (unpaired) electrons. The number of Topliss-reactive ketones (excluding diaryl/α,β-unsaturated/α-hetero) is 1. The molecule has 1 rings (SSSR count). The highest BCUT2D eigenvalue weighted by atomic mass is 16.7. The molecule has 0 fully saturated rings. The van der Waals surface area contributed by atoms with Crippen molar-refractivity contribution in [2.45, 2.75) is 20.1 Å². The van der Waals surface area contributed by atoms with Crippen molar-refractivity contribution in [1.29, 1.82) is 0 Å². The molecule has 0 atom stereocenters. The van der Waals surface area contributed by atoms with Gasteiger partial charge in [0.25, 0.3) is 0 Å². The Balaban J connectivity index is 2.78. The Morgan fingerprint density at radius 3 is 2.44 bits per heavy atom. The molecular weight excluding hydrogens is 232 g/mol. The second-order valence-electron chi connectivity index (χ2n) is 3.36. The number of carbonyl (C=O) groups is 1. The van der Waals surface area contributed by atoms with E-state index in [1.165, 1.54) is 12.1 Å². The van der Waals surface area contributed by atoms with E-state index in [1.807, 2.05) is 13.8 Å². The SMILES string of the molecule is CCOC(C#CC(=O)c1ccccc1O)OCC. The lowest BCUT2D eigenvalue weighted by atomic mass is 10.1. The molecule has 1 aromatic rings. The number of hydrogen-bond acceptors (Lipinski definition) is 4. The first-order valence-corrected chi connectivity index (χ1v) is 5.76. The summed E-state index contributed by atoms with van der Waals surface area (Å²) in [5.41, 5.74) is 0.178. The molecular formula is C14H16O4. The van der Waals surface area contributed by atoms with E-state index >= 15 is 0 Å². The number of rotatable bonds is 5. The summed E-state index contributed by atoms with van der Waals surface area (Å²) in [6, 6.07) is 6.26. The van der Waals surface area contributed by atoms with Crippen LogP contribution in [-0.4, -0.2) is 30.4 Å². The van der Waals surface area contributed by atoms with E-state index in [1.54, 1.807) is 12.1 Å². The van der Waals surface area contributed by atoms with Crippen LogP contribution in [0.25, 0.3) is 0 Å². The van der Waals surface area contributed by atoms with Crippen molar-refractivity contribution >= 4 is 5.78 Å². The number of benzene rings is 1. The van der Waals surface area contributed by atoms with E-state index in [0.29, 0.717) is 13.2 Å². The Kier molecular flexibility index (Phi) is 5.92. The Hall–Kier alpha value is -1.83. The topological polar surface area (TPSA) is 55.8 Å². The highest BCUT2D eigenvalue weighted by molar-refractivity contribution is 6.10. The van der Waals surface area contributed by atoms with Crippen LogP contribution in [0.5, 0.6) is 5.75 Å². The summed E-state index contributed by atoms with van der Waals surface area (Å²) in [4.78, 5) is 11.7. The molecule has 0 aliphatic carbocycles. The van der Waals surface area contributed by atoms with Gasteiger partial charge in [0.05, 0.1) is 5.56 Å². The molecule has 18 heavy (non-hydrogen) atoms.